The number of anilines is 2. The van der Waals surface area contributed by atoms with Gasteiger partial charge in [-0.15, -0.1) is 23.1 Å². The lowest BCUT2D eigenvalue weighted by Gasteiger charge is -2.06. The number of aromatic nitrogens is 2. The molecule has 108 valence electrons. The summed E-state index contributed by atoms with van der Waals surface area (Å²) in [6.07, 6.45) is 6.40. The van der Waals surface area contributed by atoms with Crippen molar-refractivity contribution < 1.29 is 4.79 Å². The quantitative estimate of drug-likeness (QED) is 0.703. The van der Waals surface area contributed by atoms with Crippen LogP contribution in [0.3, 0.4) is 0 Å². The van der Waals surface area contributed by atoms with Crippen LogP contribution >= 0.6 is 23.1 Å². The molecule has 0 saturated heterocycles. The fraction of sp³-hybridized carbons (Fsp3) is 0.333. The van der Waals surface area contributed by atoms with E-state index in [0.29, 0.717) is 10.6 Å². The molecule has 1 amide bonds. The zero-order chi connectivity index (χ0) is 14.7. The largest absolute Gasteiger partial charge is 0.396 e. The molecule has 2 rings (SSSR count). The third-order valence-electron chi connectivity index (χ3n) is 2.88. The Bertz CT molecular complexity index is 619. The van der Waals surface area contributed by atoms with E-state index in [2.05, 4.69) is 10.3 Å². The molecule has 0 spiro atoms. The number of nitrogens with zero attached hydrogens (tertiary/aromatic N) is 2. The van der Waals surface area contributed by atoms with E-state index in [1.807, 2.05) is 24.1 Å². The van der Waals surface area contributed by atoms with Crippen LogP contribution in [0.1, 0.15) is 15.5 Å². The monoisotopic (exact) mass is 311 g/mol. The molecule has 2 heterocycles. The lowest BCUT2D eigenvalue weighted by atomic mass is 10.3. The normalized spacial score (nSPS) is 10.7. The third kappa shape index (κ3) is 2.91. The van der Waals surface area contributed by atoms with Gasteiger partial charge in [0, 0.05) is 32.4 Å². The van der Waals surface area contributed by atoms with Crippen molar-refractivity contribution in [2.45, 2.75) is 11.3 Å². The average molecular weight is 311 g/mol. The number of carbonyl (C=O) groups excluding carboxylic acids is 1. The van der Waals surface area contributed by atoms with Gasteiger partial charge in [-0.1, -0.05) is 0 Å². The molecule has 0 aliphatic carbocycles. The van der Waals surface area contributed by atoms with E-state index in [4.69, 9.17) is 11.5 Å². The van der Waals surface area contributed by atoms with Gasteiger partial charge in [0.1, 0.15) is 15.7 Å². The number of nitrogens with one attached hydrogen (secondary N) is 1. The third-order valence-corrected chi connectivity index (χ3v) is 5.02. The first-order valence-electron chi connectivity index (χ1n) is 6.00. The van der Waals surface area contributed by atoms with Gasteiger partial charge in [-0.3, -0.25) is 4.79 Å². The Hall–Kier alpha value is -1.67. The van der Waals surface area contributed by atoms with Crippen molar-refractivity contribution in [1.29, 1.82) is 0 Å². The maximum absolute atomic E-state index is 11.3. The SMILES string of the molecule is CSc1c(NCCc2nccn2C)sc(C(N)=O)c1N. The molecule has 0 saturated carbocycles. The fourth-order valence-corrected chi connectivity index (χ4v) is 3.77. The zero-order valence-corrected chi connectivity index (χ0v) is 13.0. The molecule has 0 fully saturated rings. The van der Waals surface area contributed by atoms with Crippen LogP contribution in [0.25, 0.3) is 0 Å². The van der Waals surface area contributed by atoms with Crippen LogP contribution in [0.4, 0.5) is 10.7 Å². The van der Waals surface area contributed by atoms with Crippen LogP contribution in [0.15, 0.2) is 17.3 Å². The van der Waals surface area contributed by atoms with Crippen molar-refractivity contribution in [2.75, 3.05) is 23.9 Å². The number of aryl methyl sites for hydroxylation is 1. The summed E-state index contributed by atoms with van der Waals surface area (Å²) in [7, 11) is 1.96. The van der Waals surface area contributed by atoms with Crippen molar-refractivity contribution in [3.63, 3.8) is 0 Å². The zero-order valence-electron chi connectivity index (χ0n) is 11.3. The average Bonchev–Trinajstić information content (AvgIpc) is 2.94. The lowest BCUT2D eigenvalue weighted by Crippen LogP contribution is -2.10. The van der Waals surface area contributed by atoms with Crippen LogP contribution in [0.2, 0.25) is 0 Å². The summed E-state index contributed by atoms with van der Waals surface area (Å²) >= 11 is 2.81. The number of thiophene rings is 1. The number of nitrogen functional groups attached to an aromatic ring is 1. The maximum atomic E-state index is 11.3. The molecular formula is C12H17N5OS2. The van der Waals surface area contributed by atoms with Crippen molar-refractivity contribution in [1.82, 2.24) is 9.55 Å². The number of thioether (sulfide) groups is 1. The van der Waals surface area contributed by atoms with Gasteiger partial charge in [-0.2, -0.15) is 0 Å². The second-order valence-electron chi connectivity index (χ2n) is 4.20. The summed E-state index contributed by atoms with van der Waals surface area (Å²) in [6, 6.07) is 0. The summed E-state index contributed by atoms with van der Waals surface area (Å²) in [4.78, 5) is 16.9. The van der Waals surface area contributed by atoms with Crippen LogP contribution in [-0.4, -0.2) is 28.3 Å². The van der Waals surface area contributed by atoms with Gasteiger partial charge in [-0.25, -0.2) is 4.98 Å². The first-order chi connectivity index (χ1) is 9.54. The lowest BCUT2D eigenvalue weighted by molar-refractivity contribution is 0.100. The fourth-order valence-electron chi connectivity index (χ4n) is 1.86. The Morgan fingerprint density at radius 3 is 2.90 bits per heavy atom. The molecular weight excluding hydrogens is 294 g/mol. The summed E-state index contributed by atoms with van der Waals surface area (Å²) < 4.78 is 1.98. The van der Waals surface area contributed by atoms with Crippen molar-refractivity contribution >= 4 is 39.7 Å². The minimum Gasteiger partial charge on any atom is -0.396 e. The molecule has 0 radical (unpaired) electrons. The highest BCUT2D eigenvalue weighted by molar-refractivity contribution is 7.99. The van der Waals surface area contributed by atoms with E-state index >= 15 is 0 Å². The van der Waals surface area contributed by atoms with Gasteiger partial charge in [0.25, 0.3) is 5.91 Å². The van der Waals surface area contributed by atoms with Crippen molar-refractivity contribution in [2.24, 2.45) is 12.8 Å². The number of carbonyl (C=O) groups is 1. The second kappa shape index (κ2) is 6.19. The first-order valence-corrected chi connectivity index (χ1v) is 8.04. The molecule has 2 aromatic rings. The molecule has 8 heteroatoms. The summed E-state index contributed by atoms with van der Waals surface area (Å²) in [5.74, 6) is 0.516. The van der Waals surface area contributed by atoms with Crippen molar-refractivity contribution in [3.8, 4) is 0 Å². The highest BCUT2D eigenvalue weighted by Gasteiger charge is 2.18. The van der Waals surface area contributed by atoms with E-state index < -0.39 is 5.91 Å². The maximum Gasteiger partial charge on any atom is 0.261 e. The summed E-state index contributed by atoms with van der Waals surface area (Å²) in [5, 5.41) is 4.19. The van der Waals surface area contributed by atoms with E-state index in [1.54, 1.807) is 6.20 Å². The molecule has 0 aromatic carbocycles. The number of hydrogen-bond acceptors (Lipinski definition) is 6. The van der Waals surface area contributed by atoms with Crippen LogP contribution in [0, 0.1) is 0 Å². The number of imidazole rings is 1. The summed E-state index contributed by atoms with van der Waals surface area (Å²) in [5.41, 5.74) is 11.7. The highest BCUT2D eigenvalue weighted by Crippen LogP contribution is 2.41. The van der Waals surface area contributed by atoms with Gasteiger partial charge < -0.3 is 21.4 Å². The number of primary amides is 1. The number of hydrogen-bond donors (Lipinski definition) is 3. The van der Waals surface area contributed by atoms with Crippen molar-refractivity contribution in [3.05, 3.63) is 23.1 Å². The Morgan fingerprint density at radius 2 is 2.35 bits per heavy atom. The van der Waals surface area contributed by atoms with E-state index in [0.717, 1.165) is 28.7 Å². The molecule has 0 aliphatic rings. The number of amides is 1. The summed E-state index contributed by atoms with van der Waals surface area (Å²) in [6.45, 7) is 0.719. The second-order valence-corrected chi connectivity index (χ2v) is 6.04. The molecule has 0 aliphatic heterocycles. The Labute approximate surface area is 125 Å². The van der Waals surface area contributed by atoms with Gasteiger partial charge in [0.05, 0.1) is 10.6 Å². The molecule has 5 N–H and O–H groups in total. The molecule has 0 atom stereocenters. The molecule has 0 bridgehead atoms. The van der Waals surface area contributed by atoms with E-state index in [9.17, 15) is 4.79 Å². The minimum atomic E-state index is -0.486. The van der Waals surface area contributed by atoms with Gasteiger partial charge in [0.2, 0.25) is 0 Å². The Morgan fingerprint density at radius 1 is 1.60 bits per heavy atom. The topological polar surface area (TPSA) is 99.0 Å². The minimum absolute atomic E-state index is 0.411. The number of rotatable bonds is 6. The molecule has 0 unspecified atom stereocenters. The Kier molecular flexibility index (Phi) is 4.56. The standard InChI is InChI=1S/C12H17N5OS2/c1-17-6-5-15-7(17)3-4-16-12-10(19-2)8(13)9(20-12)11(14)18/h5-6,16H,3-4,13H2,1-2H3,(H2,14,18). The van der Waals surface area contributed by atoms with E-state index in [1.165, 1.54) is 23.1 Å². The predicted molar refractivity (Wildman–Crippen MR) is 84.4 cm³/mol. The van der Waals surface area contributed by atoms with Gasteiger partial charge >= 0.3 is 0 Å². The highest BCUT2D eigenvalue weighted by atomic mass is 32.2. The molecule has 2 aromatic heterocycles. The van der Waals surface area contributed by atoms with Crippen LogP contribution in [-0.2, 0) is 13.5 Å². The predicted octanol–water partition coefficient (Wildman–Crippen LogP) is 1.54. The Balaban J connectivity index is 2.07. The van der Waals surface area contributed by atoms with Crippen LogP contribution < -0.4 is 16.8 Å². The van der Waals surface area contributed by atoms with Crippen LogP contribution in [0.5, 0.6) is 0 Å². The van der Waals surface area contributed by atoms with Gasteiger partial charge in [0.15, 0.2) is 0 Å². The molecule has 6 nitrogen and oxygen atoms in total. The van der Waals surface area contributed by atoms with Gasteiger partial charge in [-0.05, 0) is 6.26 Å². The smallest absolute Gasteiger partial charge is 0.261 e. The molecule has 20 heavy (non-hydrogen) atoms. The first kappa shape index (κ1) is 14.7. The number of nitrogens with two attached hydrogens (primary N) is 2. The van der Waals surface area contributed by atoms with E-state index in [-0.39, 0.29) is 0 Å².